The summed E-state index contributed by atoms with van der Waals surface area (Å²) >= 11 is 0. The van der Waals surface area contributed by atoms with Gasteiger partial charge in [-0.15, -0.1) is 0 Å². The van der Waals surface area contributed by atoms with Crippen LogP contribution in [-0.4, -0.2) is 56.9 Å². The van der Waals surface area contributed by atoms with E-state index in [1.807, 2.05) is 12.1 Å². The van der Waals surface area contributed by atoms with Gasteiger partial charge in [0, 0.05) is 12.5 Å². The zero-order valence-electron chi connectivity index (χ0n) is 17.2. The number of imidazole rings is 1. The van der Waals surface area contributed by atoms with Gasteiger partial charge in [0.1, 0.15) is 17.9 Å². The number of aliphatic hydroxyl groups excluding tert-OH is 2. The van der Waals surface area contributed by atoms with Crippen LogP contribution in [0.5, 0.6) is 0 Å². The summed E-state index contributed by atoms with van der Waals surface area (Å²) in [6.45, 7) is -0.0664. The lowest BCUT2D eigenvalue weighted by Gasteiger charge is -2.18. The van der Waals surface area contributed by atoms with E-state index < -0.39 is 34.4 Å². The molecule has 5 atom stereocenters. The zero-order valence-corrected chi connectivity index (χ0v) is 18.0. The van der Waals surface area contributed by atoms with E-state index >= 15 is 0 Å². The smallest absolute Gasteiger partial charge is 0.274 e. The molecule has 0 radical (unpaired) electrons. The van der Waals surface area contributed by atoms with Crippen LogP contribution < -0.4 is 15.2 Å². The number of aliphatic hydroxyl groups is 2. The van der Waals surface area contributed by atoms with Crippen molar-refractivity contribution in [3.63, 3.8) is 0 Å². The number of benzene rings is 1. The summed E-state index contributed by atoms with van der Waals surface area (Å²) in [5.74, 6) is 0.108. The molecule has 1 aromatic carbocycles. The molecule has 1 saturated carbocycles. The molecule has 5 rings (SSSR count). The molecule has 2 heterocycles. The molecule has 0 saturated heterocycles. The van der Waals surface area contributed by atoms with Gasteiger partial charge in [-0.1, -0.05) is 24.3 Å². The van der Waals surface area contributed by atoms with Gasteiger partial charge in [0.05, 0.1) is 24.5 Å². The topological polar surface area (TPSA) is 168 Å². The first-order valence-corrected chi connectivity index (χ1v) is 12.0. The highest BCUT2D eigenvalue weighted by molar-refractivity contribution is 7.87. The molecule has 0 unspecified atom stereocenters. The third kappa shape index (κ3) is 3.84. The SMILES string of the molecule is NS(=O)(=O)NC[C@H]1C[C@@H](n2cnc3c(N[C@H]4CCc5ccccc54)ncnc32)[C@H](O)[C@@H]1O. The van der Waals surface area contributed by atoms with Gasteiger partial charge in [-0.2, -0.15) is 8.42 Å². The third-order valence-corrected chi connectivity index (χ3v) is 7.05. The lowest BCUT2D eigenvalue weighted by Crippen LogP contribution is -2.38. The zero-order chi connectivity index (χ0) is 22.5. The predicted octanol–water partition coefficient (Wildman–Crippen LogP) is 0.00160. The quantitative estimate of drug-likeness (QED) is 0.343. The average molecular weight is 460 g/mol. The van der Waals surface area contributed by atoms with Crippen LogP contribution in [0, 0.1) is 5.92 Å². The first kappa shape index (κ1) is 21.2. The molecule has 0 spiro atoms. The summed E-state index contributed by atoms with van der Waals surface area (Å²) < 4.78 is 26.3. The second kappa shape index (κ2) is 8.05. The van der Waals surface area contributed by atoms with Crippen molar-refractivity contribution in [2.45, 2.75) is 43.6 Å². The molecule has 11 nitrogen and oxygen atoms in total. The summed E-state index contributed by atoms with van der Waals surface area (Å²) in [4.78, 5) is 13.2. The number of rotatable bonds is 6. The van der Waals surface area contributed by atoms with E-state index in [-0.39, 0.29) is 12.6 Å². The van der Waals surface area contributed by atoms with Gasteiger partial charge >= 0.3 is 0 Å². The van der Waals surface area contributed by atoms with E-state index in [0.29, 0.717) is 23.4 Å². The number of fused-ring (bicyclic) bond motifs is 2. The Labute approximate surface area is 184 Å². The van der Waals surface area contributed by atoms with Crippen molar-refractivity contribution in [2.75, 3.05) is 11.9 Å². The fourth-order valence-corrected chi connectivity index (χ4v) is 5.32. The third-order valence-electron chi connectivity index (χ3n) is 6.48. The van der Waals surface area contributed by atoms with E-state index in [9.17, 15) is 18.6 Å². The maximum Gasteiger partial charge on any atom is 0.274 e. The van der Waals surface area contributed by atoms with Crippen LogP contribution in [0.3, 0.4) is 0 Å². The van der Waals surface area contributed by atoms with E-state index in [0.717, 1.165) is 12.8 Å². The lowest BCUT2D eigenvalue weighted by atomic mass is 10.1. The molecule has 32 heavy (non-hydrogen) atoms. The van der Waals surface area contributed by atoms with Gasteiger partial charge in [0.25, 0.3) is 10.2 Å². The summed E-state index contributed by atoms with van der Waals surface area (Å²) in [6.07, 6.45) is 3.09. The van der Waals surface area contributed by atoms with Crippen molar-refractivity contribution >= 4 is 27.2 Å². The van der Waals surface area contributed by atoms with Gasteiger partial charge in [0.15, 0.2) is 11.5 Å². The number of hydrogen-bond donors (Lipinski definition) is 5. The molecule has 12 heteroatoms. The molecular weight excluding hydrogens is 434 g/mol. The molecule has 2 aliphatic carbocycles. The molecule has 1 fully saturated rings. The molecule has 6 N–H and O–H groups in total. The molecular formula is C20H25N7O4S. The highest BCUT2D eigenvalue weighted by Gasteiger charge is 2.43. The lowest BCUT2D eigenvalue weighted by molar-refractivity contribution is 0.00762. The van der Waals surface area contributed by atoms with Crippen LogP contribution in [0.1, 0.15) is 36.1 Å². The minimum absolute atomic E-state index is 0.0664. The van der Waals surface area contributed by atoms with Gasteiger partial charge in [-0.25, -0.2) is 24.8 Å². The Morgan fingerprint density at radius 3 is 2.78 bits per heavy atom. The molecule has 2 aliphatic rings. The Bertz CT molecular complexity index is 1250. The van der Waals surface area contributed by atoms with Crippen LogP contribution in [0.25, 0.3) is 11.2 Å². The van der Waals surface area contributed by atoms with Crippen molar-refractivity contribution in [3.05, 3.63) is 48.0 Å². The van der Waals surface area contributed by atoms with E-state index in [1.165, 1.54) is 17.5 Å². The van der Waals surface area contributed by atoms with Crippen molar-refractivity contribution < 1.29 is 18.6 Å². The van der Waals surface area contributed by atoms with Gasteiger partial charge < -0.3 is 20.1 Å². The normalized spacial score (nSPS) is 27.7. The fraction of sp³-hybridized carbons (Fsp3) is 0.450. The number of nitrogens with zero attached hydrogens (tertiary/aromatic N) is 4. The minimum atomic E-state index is -3.89. The summed E-state index contributed by atoms with van der Waals surface area (Å²) in [6, 6.07) is 7.92. The Morgan fingerprint density at radius 2 is 1.97 bits per heavy atom. The Morgan fingerprint density at radius 1 is 1.16 bits per heavy atom. The standard InChI is InChI=1S/C20H25N7O4S/c21-32(30,31)25-8-12-7-15(18(29)17(12)28)27-10-24-16-19(22-9-23-20(16)27)26-14-6-5-11-3-1-2-4-13(11)14/h1-4,9-10,12,14-15,17-18,25,28-29H,5-8H2,(H2,21,30,31)(H,22,23,26)/t12-,14+,15-,17-,18+/m1/s1. The number of aromatic nitrogens is 4. The van der Waals surface area contributed by atoms with E-state index in [2.05, 4.69) is 37.1 Å². The van der Waals surface area contributed by atoms with Crippen LogP contribution >= 0.6 is 0 Å². The summed E-state index contributed by atoms with van der Waals surface area (Å²) in [7, 11) is -3.89. The van der Waals surface area contributed by atoms with Crippen LogP contribution in [0.2, 0.25) is 0 Å². The molecule has 3 aromatic rings. The molecule has 0 bridgehead atoms. The number of aryl methyl sites for hydroxylation is 1. The largest absolute Gasteiger partial charge is 0.390 e. The minimum Gasteiger partial charge on any atom is -0.390 e. The number of nitrogens with one attached hydrogen (secondary N) is 2. The summed E-state index contributed by atoms with van der Waals surface area (Å²) in [5, 5.41) is 29.5. The maximum atomic E-state index is 11.2. The van der Waals surface area contributed by atoms with E-state index in [4.69, 9.17) is 5.14 Å². The van der Waals surface area contributed by atoms with Crippen molar-refractivity contribution in [2.24, 2.45) is 11.1 Å². The Hall–Kier alpha value is -2.64. The Kier molecular flexibility index (Phi) is 5.34. The number of nitrogens with two attached hydrogens (primary N) is 1. The summed E-state index contributed by atoms with van der Waals surface area (Å²) in [5.41, 5.74) is 3.68. The maximum absolute atomic E-state index is 11.2. The van der Waals surface area contributed by atoms with Gasteiger partial charge in [-0.05, 0) is 30.4 Å². The van der Waals surface area contributed by atoms with Crippen molar-refractivity contribution in [1.82, 2.24) is 24.2 Å². The van der Waals surface area contributed by atoms with Crippen LogP contribution in [0.15, 0.2) is 36.9 Å². The monoisotopic (exact) mass is 459 g/mol. The first-order chi connectivity index (χ1) is 15.3. The number of hydrogen-bond acceptors (Lipinski definition) is 8. The van der Waals surface area contributed by atoms with Gasteiger partial charge in [-0.3, -0.25) is 0 Å². The fourth-order valence-electron chi connectivity index (χ4n) is 4.87. The second-order valence-corrected chi connectivity index (χ2v) is 9.80. The second-order valence-electron chi connectivity index (χ2n) is 8.42. The molecule has 2 aromatic heterocycles. The first-order valence-electron chi connectivity index (χ1n) is 10.5. The Balaban J connectivity index is 1.40. The highest BCUT2D eigenvalue weighted by Crippen LogP contribution is 2.38. The van der Waals surface area contributed by atoms with Crippen LogP contribution in [-0.2, 0) is 16.6 Å². The highest BCUT2D eigenvalue weighted by atomic mass is 32.2. The molecule has 170 valence electrons. The van der Waals surface area contributed by atoms with Crippen LogP contribution in [0.4, 0.5) is 5.82 Å². The van der Waals surface area contributed by atoms with Gasteiger partial charge in [0.2, 0.25) is 0 Å². The average Bonchev–Trinajstić information content (AvgIpc) is 3.44. The molecule has 0 aliphatic heterocycles. The number of anilines is 1. The molecule has 0 amide bonds. The van der Waals surface area contributed by atoms with Crippen molar-refractivity contribution in [1.29, 1.82) is 0 Å². The predicted molar refractivity (Wildman–Crippen MR) is 117 cm³/mol. The van der Waals surface area contributed by atoms with Crippen molar-refractivity contribution in [3.8, 4) is 0 Å². The van der Waals surface area contributed by atoms with E-state index in [1.54, 1.807) is 10.9 Å².